The molecule has 1 amide bonds. The van der Waals surface area contributed by atoms with Gasteiger partial charge in [0.15, 0.2) is 6.10 Å². The highest BCUT2D eigenvalue weighted by molar-refractivity contribution is 6.30. The summed E-state index contributed by atoms with van der Waals surface area (Å²) in [5.41, 5.74) is 0. The van der Waals surface area contributed by atoms with Crippen molar-refractivity contribution >= 4 is 17.5 Å². The number of nitrogens with zero attached hydrogens (tertiary/aromatic N) is 1. The molecule has 1 aliphatic rings. The largest absolute Gasteiger partial charge is 0.481 e. The molecule has 3 atom stereocenters. The molecule has 1 heterocycles. The van der Waals surface area contributed by atoms with Gasteiger partial charge in [-0.3, -0.25) is 4.79 Å². The molecule has 104 valence electrons. The molecule has 0 aromatic heterocycles. The molecular weight excluding hydrogens is 270 g/mol. The standard InChI is InChI=1S/C13H16ClNO4/c1-8(19-10-4-2-3-9(14)5-10)13(18)15-6-11(16)12(17)7-15/h2-5,8,11-12,16-17H,6-7H2,1H3/t8?,11-,12+. The Morgan fingerprint density at radius 1 is 1.42 bits per heavy atom. The van der Waals surface area contributed by atoms with Gasteiger partial charge in [0.05, 0.1) is 12.2 Å². The lowest BCUT2D eigenvalue weighted by atomic mass is 10.3. The molecule has 6 heteroatoms. The minimum absolute atomic E-state index is 0.128. The molecule has 1 aliphatic heterocycles. The zero-order chi connectivity index (χ0) is 14.0. The summed E-state index contributed by atoms with van der Waals surface area (Å²) in [6.45, 7) is 1.88. The van der Waals surface area contributed by atoms with Crippen LogP contribution in [-0.2, 0) is 4.79 Å². The van der Waals surface area contributed by atoms with Crippen molar-refractivity contribution in [1.82, 2.24) is 4.90 Å². The number of carbonyl (C=O) groups is 1. The molecule has 0 aliphatic carbocycles. The molecule has 1 saturated heterocycles. The van der Waals surface area contributed by atoms with Crippen LogP contribution in [0.15, 0.2) is 24.3 Å². The van der Waals surface area contributed by atoms with Gasteiger partial charge in [0.1, 0.15) is 5.75 Å². The van der Waals surface area contributed by atoms with Crippen molar-refractivity contribution in [3.05, 3.63) is 29.3 Å². The Hall–Kier alpha value is -1.30. The second-order valence-corrected chi connectivity index (χ2v) is 5.03. The molecule has 1 aromatic carbocycles. The first kappa shape index (κ1) is 14.1. The lowest BCUT2D eigenvalue weighted by Gasteiger charge is -2.21. The van der Waals surface area contributed by atoms with Gasteiger partial charge >= 0.3 is 0 Å². The van der Waals surface area contributed by atoms with Crippen molar-refractivity contribution in [2.24, 2.45) is 0 Å². The molecule has 5 nitrogen and oxygen atoms in total. The maximum atomic E-state index is 12.1. The summed E-state index contributed by atoms with van der Waals surface area (Å²) in [7, 11) is 0. The average molecular weight is 286 g/mol. The molecule has 19 heavy (non-hydrogen) atoms. The van der Waals surface area contributed by atoms with E-state index in [4.69, 9.17) is 16.3 Å². The normalized spacial score (nSPS) is 24.3. The maximum absolute atomic E-state index is 12.1. The number of halogens is 1. The molecule has 0 spiro atoms. The topological polar surface area (TPSA) is 70.0 Å². The van der Waals surface area contributed by atoms with Gasteiger partial charge in [-0.05, 0) is 25.1 Å². The lowest BCUT2D eigenvalue weighted by Crippen LogP contribution is -2.39. The Morgan fingerprint density at radius 2 is 2.05 bits per heavy atom. The van der Waals surface area contributed by atoms with Gasteiger partial charge < -0.3 is 19.8 Å². The number of likely N-dealkylation sites (tertiary alicyclic amines) is 1. The molecular formula is C13H16ClNO4. The Morgan fingerprint density at radius 3 is 2.63 bits per heavy atom. The van der Waals surface area contributed by atoms with Crippen molar-refractivity contribution in [3.8, 4) is 5.75 Å². The zero-order valence-corrected chi connectivity index (χ0v) is 11.2. The smallest absolute Gasteiger partial charge is 0.263 e. The Kier molecular flexibility index (Phi) is 4.29. The predicted molar refractivity (Wildman–Crippen MR) is 70.1 cm³/mol. The van der Waals surface area contributed by atoms with Crippen LogP contribution in [0.5, 0.6) is 5.75 Å². The first-order valence-corrected chi connectivity index (χ1v) is 6.42. The van der Waals surface area contributed by atoms with Crippen LogP contribution >= 0.6 is 11.6 Å². The first-order valence-electron chi connectivity index (χ1n) is 6.04. The van der Waals surface area contributed by atoms with E-state index in [0.717, 1.165) is 0 Å². The van der Waals surface area contributed by atoms with E-state index in [0.29, 0.717) is 10.8 Å². The fourth-order valence-electron chi connectivity index (χ4n) is 2.00. The predicted octanol–water partition coefficient (Wildman–Crippen LogP) is 0.671. The minimum Gasteiger partial charge on any atom is -0.481 e. The van der Waals surface area contributed by atoms with Crippen molar-refractivity contribution in [2.75, 3.05) is 13.1 Å². The SMILES string of the molecule is CC(Oc1cccc(Cl)c1)C(=O)N1C[C@@H](O)[C@@H](O)C1. The van der Waals surface area contributed by atoms with Gasteiger partial charge in [0.25, 0.3) is 5.91 Å². The fraction of sp³-hybridized carbons (Fsp3) is 0.462. The van der Waals surface area contributed by atoms with E-state index in [1.54, 1.807) is 31.2 Å². The van der Waals surface area contributed by atoms with Gasteiger partial charge in [-0.25, -0.2) is 0 Å². The summed E-state index contributed by atoms with van der Waals surface area (Å²) >= 11 is 5.83. The van der Waals surface area contributed by atoms with E-state index in [9.17, 15) is 15.0 Å². The third kappa shape index (κ3) is 3.37. The second kappa shape index (κ2) is 5.77. The number of hydrogen-bond acceptors (Lipinski definition) is 4. The van der Waals surface area contributed by atoms with Gasteiger partial charge in [0, 0.05) is 18.1 Å². The van der Waals surface area contributed by atoms with Crippen LogP contribution in [0.2, 0.25) is 5.02 Å². The lowest BCUT2D eigenvalue weighted by molar-refractivity contribution is -0.137. The Bertz CT molecular complexity index is 458. The number of aliphatic hydroxyl groups is 2. The molecule has 2 N–H and O–H groups in total. The highest BCUT2D eigenvalue weighted by Crippen LogP contribution is 2.19. The van der Waals surface area contributed by atoms with Crippen molar-refractivity contribution in [2.45, 2.75) is 25.2 Å². The molecule has 2 rings (SSSR count). The van der Waals surface area contributed by atoms with Gasteiger partial charge in [-0.2, -0.15) is 0 Å². The molecule has 0 bridgehead atoms. The summed E-state index contributed by atoms with van der Waals surface area (Å²) in [5.74, 6) is 0.240. The van der Waals surface area contributed by atoms with E-state index in [1.165, 1.54) is 4.90 Å². The van der Waals surface area contributed by atoms with E-state index < -0.39 is 18.3 Å². The van der Waals surface area contributed by atoms with Crippen LogP contribution in [0.25, 0.3) is 0 Å². The van der Waals surface area contributed by atoms with Crippen LogP contribution < -0.4 is 4.74 Å². The third-order valence-corrected chi connectivity index (χ3v) is 3.26. The molecule has 0 saturated carbocycles. The van der Waals surface area contributed by atoms with Gasteiger partial charge in [0.2, 0.25) is 0 Å². The van der Waals surface area contributed by atoms with Crippen LogP contribution in [0.1, 0.15) is 6.92 Å². The van der Waals surface area contributed by atoms with E-state index in [2.05, 4.69) is 0 Å². The summed E-state index contributed by atoms with van der Waals surface area (Å²) in [4.78, 5) is 13.5. The highest BCUT2D eigenvalue weighted by atomic mass is 35.5. The number of amides is 1. The monoisotopic (exact) mass is 285 g/mol. The summed E-state index contributed by atoms with van der Waals surface area (Å²) < 4.78 is 5.50. The average Bonchev–Trinajstić information content (AvgIpc) is 2.68. The van der Waals surface area contributed by atoms with Crippen LogP contribution in [0, 0.1) is 0 Å². The summed E-state index contributed by atoms with van der Waals surface area (Å²) in [6.07, 6.45) is -2.47. The zero-order valence-electron chi connectivity index (χ0n) is 10.5. The number of rotatable bonds is 3. The second-order valence-electron chi connectivity index (χ2n) is 4.60. The Labute approximate surface area is 116 Å². The quantitative estimate of drug-likeness (QED) is 0.856. The van der Waals surface area contributed by atoms with E-state index >= 15 is 0 Å². The van der Waals surface area contributed by atoms with Crippen LogP contribution in [0.3, 0.4) is 0 Å². The van der Waals surface area contributed by atoms with Gasteiger partial charge in [-0.15, -0.1) is 0 Å². The molecule has 1 unspecified atom stereocenters. The summed E-state index contributed by atoms with van der Waals surface area (Å²) in [6, 6.07) is 6.79. The number of hydrogen-bond donors (Lipinski definition) is 2. The Balaban J connectivity index is 1.96. The minimum atomic E-state index is -0.887. The highest BCUT2D eigenvalue weighted by Gasteiger charge is 2.34. The molecule has 1 aromatic rings. The maximum Gasteiger partial charge on any atom is 0.263 e. The number of ether oxygens (including phenoxy) is 1. The van der Waals surface area contributed by atoms with Gasteiger partial charge in [-0.1, -0.05) is 17.7 Å². The molecule has 0 radical (unpaired) electrons. The number of β-amino-alcohol motifs (C(OH)–C–C–N with tert-alkyl or cyclic N) is 2. The summed E-state index contributed by atoms with van der Waals surface area (Å²) in [5, 5.41) is 19.4. The third-order valence-electron chi connectivity index (χ3n) is 3.03. The van der Waals surface area contributed by atoms with Crippen molar-refractivity contribution < 1.29 is 19.7 Å². The number of benzene rings is 1. The van der Waals surface area contributed by atoms with E-state index in [1.807, 2.05) is 0 Å². The fourth-order valence-corrected chi connectivity index (χ4v) is 2.18. The van der Waals surface area contributed by atoms with Crippen LogP contribution in [-0.4, -0.2) is 52.4 Å². The van der Waals surface area contributed by atoms with Crippen molar-refractivity contribution in [3.63, 3.8) is 0 Å². The number of aliphatic hydroxyl groups excluding tert-OH is 2. The van der Waals surface area contributed by atoms with E-state index in [-0.39, 0.29) is 19.0 Å². The first-order chi connectivity index (χ1) is 8.97. The molecule has 1 fully saturated rings. The number of carbonyl (C=O) groups excluding carboxylic acids is 1. The van der Waals surface area contributed by atoms with Crippen molar-refractivity contribution in [1.29, 1.82) is 0 Å². The van der Waals surface area contributed by atoms with Crippen LogP contribution in [0.4, 0.5) is 0 Å².